The summed E-state index contributed by atoms with van der Waals surface area (Å²) in [5.41, 5.74) is 1.34. The van der Waals surface area contributed by atoms with E-state index < -0.39 is 17.6 Å². The van der Waals surface area contributed by atoms with Crippen LogP contribution in [0, 0.1) is 0 Å². The third-order valence-electron chi connectivity index (χ3n) is 6.58. The number of unbranched alkanes of at least 4 members (excludes halogenated alkanes) is 3. The summed E-state index contributed by atoms with van der Waals surface area (Å²) >= 11 is 1.34. The number of amides is 4. The fourth-order valence-electron chi connectivity index (χ4n) is 4.38. The number of morpholine rings is 1. The lowest BCUT2D eigenvalue weighted by atomic mass is 10.2. The molecule has 3 rings (SSSR count). The third kappa shape index (κ3) is 11.9. The molecule has 3 N–H and O–H groups in total. The van der Waals surface area contributed by atoms with Gasteiger partial charge in [-0.1, -0.05) is 32.3 Å². The van der Waals surface area contributed by atoms with Crippen molar-refractivity contribution in [1.82, 2.24) is 20.1 Å². The highest BCUT2D eigenvalue weighted by Crippen LogP contribution is 2.27. The van der Waals surface area contributed by atoms with Crippen molar-refractivity contribution in [2.45, 2.75) is 71.9 Å². The van der Waals surface area contributed by atoms with E-state index in [1.54, 1.807) is 43.8 Å². The van der Waals surface area contributed by atoms with Crippen LogP contribution in [0.3, 0.4) is 0 Å². The fourth-order valence-corrected chi connectivity index (χ4v) is 5.10. The van der Waals surface area contributed by atoms with Crippen LogP contribution in [-0.4, -0.2) is 84.4 Å². The van der Waals surface area contributed by atoms with Gasteiger partial charge in [-0.25, -0.2) is 9.59 Å². The summed E-state index contributed by atoms with van der Waals surface area (Å²) in [5, 5.41) is 12.0. The highest BCUT2D eigenvalue weighted by Gasteiger charge is 2.20. The molecule has 1 aliphatic heterocycles. The van der Waals surface area contributed by atoms with Gasteiger partial charge in [0.25, 0.3) is 5.91 Å². The van der Waals surface area contributed by atoms with Gasteiger partial charge in [-0.2, -0.15) is 0 Å². The molecular weight excluding hydrogens is 556 g/mol. The first-order valence-corrected chi connectivity index (χ1v) is 15.7. The van der Waals surface area contributed by atoms with Crippen molar-refractivity contribution < 1.29 is 23.9 Å². The lowest BCUT2D eigenvalue weighted by molar-refractivity contribution is 0.0364. The van der Waals surface area contributed by atoms with Crippen LogP contribution in [-0.2, 0) is 16.0 Å². The Balaban J connectivity index is 1.57. The maximum atomic E-state index is 13.1. The Kier molecular flexibility index (Phi) is 13.5. The number of hydrogen-bond acceptors (Lipinski definition) is 8. The lowest BCUT2D eigenvalue weighted by Crippen LogP contribution is -2.42. The second-order valence-corrected chi connectivity index (χ2v) is 12.1. The summed E-state index contributed by atoms with van der Waals surface area (Å²) in [6.45, 7) is 13.4. The Bertz CT molecular complexity index is 1130. The second-order valence-electron chi connectivity index (χ2n) is 11.4. The molecule has 0 aliphatic carbocycles. The van der Waals surface area contributed by atoms with Gasteiger partial charge in [0.1, 0.15) is 11.3 Å². The first-order chi connectivity index (χ1) is 20.1. The highest BCUT2D eigenvalue weighted by atomic mass is 32.1. The number of pyridine rings is 1. The number of anilines is 2. The molecule has 0 aromatic carbocycles. The van der Waals surface area contributed by atoms with E-state index in [4.69, 9.17) is 9.47 Å². The molecule has 1 fully saturated rings. The number of urea groups is 1. The van der Waals surface area contributed by atoms with Crippen molar-refractivity contribution in [2.75, 3.05) is 56.6 Å². The molecule has 2 aromatic heterocycles. The van der Waals surface area contributed by atoms with E-state index in [1.165, 1.54) is 17.8 Å². The Labute approximate surface area is 253 Å². The lowest BCUT2D eigenvalue weighted by Gasteiger charge is -2.28. The SMILES string of the molecule is CCCCCCNC(=O)N(CCCN1CCOCC1)Cc1ccc(C(=O)Nc2cscc2NC(=O)OC(C)(C)C)nc1. The molecule has 11 nitrogen and oxygen atoms in total. The van der Waals surface area contributed by atoms with Gasteiger partial charge in [-0.3, -0.25) is 20.0 Å². The summed E-state index contributed by atoms with van der Waals surface area (Å²) in [4.78, 5) is 46.7. The average molecular weight is 603 g/mol. The largest absolute Gasteiger partial charge is 0.444 e. The van der Waals surface area contributed by atoms with Crippen LogP contribution in [0.2, 0.25) is 0 Å². The summed E-state index contributed by atoms with van der Waals surface area (Å²) in [7, 11) is 0. The number of hydrogen-bond donors (Lipinski definition) is 3. The minimum atomic E-state index is -0.636. The standard InChI is InChI=1S/C30H46N6O5S/c1-5-6-7-8-12-31-28(38)36(14-9-13-35-15-17-40-18-16-35)20-23-10-11-24(32-19-23)27(37)33-25-21-42-22-26(25)34-29(39)41-30(2,3)4/h10-11,19,21-22H,5-9,12-18,20H2,1-4H3,(H,31,38)(H,33,37)(H,34,39). The van der Waals surface area contributed by atoms with Crippen molar-refractivity contribution in [3.05, 3.63) is 40.3 Å². The number of ether oxygens (including phenoxy) is 2. The maximum Gasteiger partial charge on any atom is 0.412 e. The molecule has 0 unspecified atom stereocenters. The van der Waals surface area contributed by atoms with Gasteiger partial charge in [0.15, 0.2) is 0 Å². The summed E-state index contributed by atoms with van der Waals surface area (Å²) in [6, 6.07) is 3.38. The van der Waals surface area contributed by atoms with E-state index in [1.807, 2.05) is 11.0 Å². The van der Waals surface area contributed by atoms with Gasteiger partial charge in [-0.15, -0.1) is 11.3 Å². The summed E-state index contributed by atoms with van der Waals surface area (Å²) < 4.78 is 10.7. The third-order valence-corrected chi connectivity index (χ3v) is 7.32. The van der Waals surface area contributed by atoms with Crippen molar-refractivity contribution in [2.24, 2.45) is 0 Å². The second kappa shape index (κ2) is 17.0. The first-order valence-electron chi connectivity index (χ1n) is 14.8. The Hall–Kier alpha value is -3.22. The van der Waals surface area contributed by atoms with E-state index in [0.29, 0.717) is 31.0 Å². The van der Waals surface area contributed by atoms with Crippen molar-refractivity contribution in [3.63, 3.8) is 0 Å². The molecule has 0 spiro atoms. The summed E-state index contributed by atoms with van der Waals surface area (Å²) in [6.07, 6.45) is 6.28. The van der Waals surface area contributed by atoms with E-state index in [-0.39, 0.29) is 11.7 Å². The fraction of sp³-hybridized carbons (Fsp3) is 0.600. The number of thiophene rings is 1. The molecule has 1 aliphatic rings. The van der Waals surface area contributed by atoms with Crippen LogP contribution >= 0.6 is 11.3 Å². The molecule has 3 heterocycles. The highest BCUT2D eigenvalue weighted by molar-refractivity contribution is 7.09. The number of rotatable bonds is 14. The number of nitrogens with one attached hydrogen (secondary N) is 3. The Morgan fingerprint density at radius 3 is 2.45 bits per heavy atom. The molecule has 232 valence electrons. The normalized spacial score (nSPS) is 13.8. The minimum absolute atomic E-state index is 0.0854. The van der Waals surface area contributed by atoms with Crippen molar-refractivity contribution >= 4 is 40.7 Å². The molecule has 1 saturated heterocycles. The number of aromatic nitrogens is 1. The zero-order valence-electron chi connectivity index (χ0n) is 25.4. The molecule has 42 heavy (non-hydrogen) atoms. The predicted molar refractivity (Wildman–Crippen MR) is 166 cm³/mol. The Morgan fingerprint density at radius 2 is 1.79 bits per heavy atom. The van der Waals surface area contributed by atoms with Gasteiger partial charge >= 0.3 is 12.1 Å². The summed E-state index contributed by atoms with van der Waals surface area (Å²) in [5.74, 6) is -0.403. The zero-order valence-corrected chi connectivity index (χ0v) is 26.2. The van der Waals surface area contributed by atoms with Gasteiger partial charge in [0, 0.05) is 56.2 Å². The zero-order chi connectivity index (χ0) is 30.4. The van der Waals surface area contributed by atoms with E-state index >= 15 is 0 Å². The van der Waals surface area contributed by atoms with E-state index in [0.717, 1.165) is 64.1 Å². The molecule has 0 bridgehead atoms. The van der Waals surface area contributed by atoms with Gasteiger partial charge in [0.2, 0.25) is 0 Å². The van der Waals surface area contributed by atoms with Crippen molar-refractivity contribution in [1.29, 1.82) is 0 Å². The van der Waals surface area contributed by atoms with Crippen molar-refractivity contribution in [3.8, 4) is 0 Å². The molecular formula is C30H46N6O5S. The molecule has 0 radical (unpaired) electrons. The van der Waals surface area contributed by atoms with Crippen LogP contribution in [0.5, 0.6) is 0 Å². The van der Waals surface area contributed by atoms with Gasteiger partial charge < -0.3 is 25.0 Å². The molecule has 4 amide bonds. The molecule has 0 saturated carbocycles. The first kappa shape index (κ1) is 33.3. The van der Waals surface area contributed by atoms with Crippen LogP contribution < -0.4 is 16.0 Å². The van der Waals surface area contributed by atoms with E-state index in [2.05, 4.69) is 32.8 Å². The van der Waals surface area contributed by atoms with Gasteiger partial charge in [-0.05, 0) is 45.2 Å². The number of nitrogens with zero attached hydrogens (tertiary/aromatic N) is 3. The number of carbonyl (C=O) groups excluding carboxylic acids is 3. The monoisotopic (exact) mass is 602 g/mol. The molecule has 12 heteroatoms. The smallest absolute Gasteiger partial charge is 0.412 e. The van der Waals surface area contributed by atoms with Crippen LogP contribution in [0.1, 0.15) is 75.9 Å². The molecule has 2 aromatic rings. The average Bonchev–Trinajstić information content (AvgIpc) is 3.38. The minimum Gasteiger partial charge on any atom is -0.444 e. The van der Waals surface area contributed by atoms with Gasteiger partial charge in [0.05, 0.1) is 24.6 Å². The predicted octanol–water partition coefficient (Wildman–Crippen LogP) is 5.56. The topological polar surface area (TPSA) is 125 Å². The molecule has 0 atom stereocenters. The number of carbonyl (C=O) groups is 3. The maximum absolute atomic E-state index is 13.1. The van der Waals surface area contributed by atoms with Crippen LogP contribution in [0.15, 0.2) is 29.1 Å². The Morgan fingerprint density at radius 1 is 1.05 bits per heavy atom. The van der Waals surface area contributed by atoms with Crippen LogP contribution in [0.4, 0.5) is 21.0 Å². The van der Waals surface area contributed by atoms with E-state index in [9.17, 15) is 14.4 Å². The quantitative estimate of drug-likeness (QED) is 0.242. The van der Waals surface area contributed by atoms with Crippen LogP contribution in [0.25, 0.3) is 0 Å².